The Balaban J connectivity index is 0.00000156. The van der Waals surface area contributed by atoms with Gasteiger partial charge >= 0.3 is 0 Å². The smallest absolute Gasteiger partial charge is 0.233 e. The Hall–Kier alpha value is -0.580. The van der Waals surface area contributed by atoms with Crippen LogP contribution in [0.1, 0.15) is 31.2 Å². The lowest BCUT2D eigenvalue weighted by molar-refractivity contribution is -0.134. The quantitative estimate of drug-likeness (QED) is 0.827. The van der Waals surface area contributed by atoms with Crippen LogP contribution in [-0.2, 0) is 10.2 Å². The number of amides is 1. The zero-order chi connectivity index (χ0) is 15.2. The number of fused-ring (bicyclic) bond motifs is 1. The molecule has 2 saturated heterocycles. The summed E-state index contributed by atoms with van der Waals surface area (Å²) in [7, 11) is 0. The summed E-state index contributed by atoms with van der Waals surface area (Å²) >= 11 is 3.48. The molecule has 1 aromatic rings. The molecule has 3 nitrogen and oxygen atoms in total. The molecule has 0 unspecified atom stereocenters. The van der Waals surface area contributed by atoms with Crippen molar-refractivity contribution >= 4 is 34.2 Å². The minimum atomic E-state index is -0.210. The lowest BCUT2D eigenvalue weighted by atomic mass is 9.92. The van der Waals surface area contributed by atoms with E-state index < -0.39 is 0 Å². The molecule has 1 N–H and O–H groups in total. The molecule has 0 aromatic heterocycles. The van der Waals surface area contributed by atoms with Crippen LogP contribution in [0.25, 0.3) is 0 Å². The Morgan fingerprint density at radius 3 is 2.17 bits per heavy atom. The average Bonchev–Trinajstić information content (AvgIpc) is 3.26. The molecule has 0 radical (unpaired) electrons. The van der Waals surface area contributed by atoms with E-state index in [2.05, 4.69) is 50.4 Å². The van der Waals surface area contributed by atoms with Gasteiger partial charge in [0.2, 0.25) is 5.91 Å². The Morgan fingerprint density at radius 2 is 1.65 bits per heavy atom. The fraction of sp³-hybridized carbons (Fsp3) is 0.611. The van der Waals surface area contributed by atoms with Crippen LogP contribution in [0.15, 0.2) is 28.7 Å². The van der Waals surface area contributed by atoms with Crippen LogP contribution in [0.4, 0.5) is 0 Å². The SMILES string of the molecule is Cl.O=C(N1CC[C@@H]2CNC[C@@H]2CC1)C1(c2ccc(Br)cc2)CC1. The second-order valence-electron chi connectivity index (χ2n) is 7.14. The van der Waals surface area contributed by atoms with Crippen molar-refractivity contribution in [2.75, 3.05) is 26.2 Å². The third-order valence-corrected chi connectivity index (χ3v) is 6.39. The van der Waals surface area contributed by atoms with E-state index in [9.17, 15) is 4.79 Å². The Morgan fingerprint density at radius 1 is 1.09 bits per heavy atom. The van der Waals surface area contributed by atoms with Crippen molar-refractivity contribution in [1.82, 2.24) is 10.2 Å². The predicted molar refractivity (Wildman–Crippen MR) is 98.0 cm³/mol. The molecule has 126 valence electrons. The summed E-state index contributed by atoms with van der Waals surface area (Å²) in [5.41, 5.74) is 0.991. The van der Waals surface area contributed by atoms with Gasteiger partial charge in [-0.15, -0.1) is 12.4 Å². The molecule has 5 heteroatoms. The summed E-state index contributed by atoms with van der Waals surface area (Å²) in [6, 6.07) is 8.35. The van der Waals surface area contributed by atoms with E-state index in [4.69, 9.17) is 0 Å². The standard InChI is InChI=1S/C18H23BrN2O.ClH/c19-16-3-1-15(2-4-16)18(7-8-18)17(22)21-9-5-13-11-20-12-14(13)6-10-21;/h1-4,13-14,20H,5-12H2;1H/t13-,14+;. The molecular formula is C18H24BrClN2O. The lowest BCUT2D eigenvalue weighted by Gasteiger charge is -2.27. The number of rotatable bonds is 2. The lowest BCUT2D eigenvalue weighted by Crippen LogP contribution is -2.40. The highest BCUT2D eigenvalue weighted by molar-refractivity contribution is 9.10. The van der Waals surface area contributed by atoms with Gasteiger partial charge in [0.05, 0.1) is 5.41 Å². The number of likely N-dealkylation sites (tertiary alicyclic amines) is 1. The normalized spacial score (nSPS) is 28.5. The van der Waals surface area contributed by atoms with Crippen LogP contribution in [0.5, 0.6) is 0 Å². The molecule has 23 heavy (non-hydrogen) atoms. The molecule has 3 aliphatic rings. The second-order valence-corrected chi connectivity index (χ2v) is 8.05. The molecule has 1 aromatic carbocycles. The maximum absolute atomic E-state index is 13.1. The fourth-order valence-corrected chi connectivity index (χ4v) is 4.51. The Kier molecular flexibility index (Phi) is 5.05. The summed E-state index contributed by atoms with van der Waals surface area (Å²) < 4.78 is 1.08. The van der Waals surface area contributed by atoms with Crippen LogP contribution in [0.2, 0.25) is 0 Å². The minimum absolute atomic E-state index is 0. The zero-order valence-electron chi connectivity index (χ0n) is 13.3. The van der Waals surface area contributed by atoms with Gasteiger partial charge in [-0.05, 0) is 68.3 Å². The van der Waals surface area contributed by atoms with Crippen LogP contribution < -0.4 is 5.32 Å². The molecule has 3 fully saturated rings. The number of halogens is 2. The van der Waals surface area contributed by atoms with Gasteiger partial charge in [-0.25, -0.2) is 0 Å². The van der Waals surface area contributed by atoms with Gasteiger partial charge in [0.15, 0.2) is 0 Å². The van der Waals surface area contributed by atoms with E-state index in [1.807, 2.05) is 0 Å². The van der Waals surface area contributed by atoms with Crippen molar-refractivity contribution < 1.29 is 4.79 Å². The maximum Gasteiger partial charge on any atom is 0.233 e. The number of hydrogen-bond donors (Lipinski definition) is 1. The van der Waals surface area contributed by atoms with E-state index in [1.165, 1.54) is 18.4 Å². The average molecular weight is 400 g/mol. The highest BCUT2D eigenvalue weighted by Crippen LogP contribution is 2.50. The predicted octanol–water partition coefficient (Wildman–Crippen LogP) is 3.36. The van der Waals surface area contributed by atoms with Gasteiger partial charge in [-0.2, -0.15) is 0 Å². The molecule has 1 saturated carbocycles. The van der Waals surface area contributed by atoms with Crippen LogP contribution >= 0.6 is 28.3 Å². The molecule has 2 heterocycles. The van der Waals surface area contributed by atoms with Gasteiger partial charge in [0.1, 0.15) is 0 Å². The first-order valence-corrected chi connectivity index (χ1v) is 9.24. The topological polar surface area (TPSA) is 32.3 Å². The summed E-state index contributed by atoms with van der Waals surface area (Å²) in [5.74, 6) is 1.93. The number of carbonyl (C=O) groups excluding carboxylic acids is 1. The Labute approximate surface area is 152 Å². The molecule has 0 spiro atoms. The third kappa shape index (κ3) is 3.18. The number of benzene rings is 1. The number of nitrogens with one attached hydrogen (secondary N) is 1. The molecular weight excluding hydrogens is 376 g/mol. The minimum Gasteiger partial charge on any atom is -0.342 e. The highest BCUT2D eigenvalue weighted by atomic mass is 79.9. The fourth-order valence-electron chi connectivity index (χ4n) is 4.24. The molecule has 4 rings (SSSR count). The largest absolute Gasteiger partial charge is 0.342 e. The van der Waals surface area contributed by atoms with Crippen LogP contribution in [-0.4, -0.2) is 37.0 Å². The van der Waals surface area contributed by atoms with Crippen molar-refractivity contribution in [3.05, 3.63) is 34.3 Å². The van der Waals surface area contributed by atoms with E-state index in [0.717, 1.165) is 55.3 Å². The number of nitrogens with zero attached hydrogens (tertiary/aromatic N) is 1. The monoisotopic (exact) mass is 398 g/mol. The van der Waals surface area contributed by atoms with E-state index in [0.29, 0.717) is 5.91 Å². The molecule has 2 aliphatic heterocycles. The van der Waals surface area contributed by atoms with E-state index >= 15 is 0 Å². The summed E-state index contributed by atoms with van der Waals surface area (Å²) in [5, 5.41) is 3.50. The first-order valence-electron chi connectivity index (χ1n) is 8.45. The van der Waals surface area contributed by atoms with Crippen molar-refractivity contribution in [2.45, 2.75) is 31.1 Å². The van der Waals surface area contributed by atoms with E-state index in [1.54, 1.807) is 0 Å². The third-order valence-electron chi connectivity index (χ3n) is 5.86. The maximum atomic E-state index is 13.1. The number of hydrogen-bond acceptors (Lipinski definition) is 2. The van der Waals surface area contributed by atoms with Crippen molar-refractivity contribution in [1.29, 1.82) is 0 Å². The van der Waals surface area contributed by atoms with Crippen LogP contribution in [0.3, 0.4) is 0 Å². The van der Waals surface area contributed by atoms with Crippen molar-refractivity contribution in [3.8, 4) is 0 Å². The second kappa shape index (κ2) is 6.73. The van der Waals surface area contributed by atoms with Crippen LogP contribution in [0, 0.1) is 11.8 Å². The molecule has 1 amide bonds. The van der Waals surface area contributed by atoms with Gasteiger partial charge < -0.3 is 10.2 Å². The molecule has 1 aliphatic carbocycles. The first-order chi connectivity index (χ1) is 10.7. The molecule has 2 atom stereocenters. The van der Waals surface area contributed by atoms with Gasteiger partial charge in [-0.1, -0.05) is 28.1 Å². The Bertz CT molecular complexity index is 559. The van der Waals surface area contributed by atoms with Gasteiger partial charge in [0, 0.05) is 17.6 Å². The van der Waals surface area contributed by atoms with E-state index in [-0.39, 0.29) is 17.8 Å². The molecule has 0 bridgehead atoms. The van der Waals surface area contributed by atoms with Gasteiger partial charge in [0.25, 0.3) is 0 Å². The van der Waals surface area contributed by atoms with Gasteiger partial charge in [-0.3, -0.25) is 4.79 Å². The summed E-state index contributed by atoms with van der Waals surface area (Å²) in [4.78, 5) is 15.3. The highest BCUT2D eigenvalue weighted by Gasteiger charge is 2.53. The van der Waals surface area contributed by atoms with Crippen molar-refractivity contribution in [3.63, 3.8) is 0 Å². The summed E-state index contributed by atoms with van der Waals surface area (Å²) in [6.45, 7) is 4.18. The number of carbonyl (C=O) groups is 1. The first kappa shape index (κ1) is 17.2. The van der Waals surface area contributed by atoms with Crippen molar-refractivity contribution in [2.24, 2.45) is 11.8 Å². The summed E-state index contributed by atoms with van der Waals surface area (Å²) in [6.07, 6.45) is 4.36. The zero-order valence-corrected chi connectivity index (χ0v) is 15.7.